The highest BCUT2D eigenvalue weighted by atomic mass is 32.2. The van der Waals surface area contributed by atoms with Crippen LogP contribution in [0.3, 0.4) is 0 Å². The molecule has 0 atom stereocenters. The van der Waals surface area contributed by atoms with Crippen molar-refractivity contribution in [3.05, 3.63) is 23.8 Å². The molecule has 21 heavy (non-hydrogen) atoms. The second kappa shape index (κ2) is 7.21. The Morgan fingerprint density at radius 3 is 2.62 bits per heavy atom. The summed E-state index contributed by atoms with van der Waals surface area (Å²) in [7, 11) is 0. The number of nitrogens with one attached hydrogen (secondary N) is 1. The molecule has 1 saturated carbocycles. The summed E-state index contributed by atoms with van der Waals surface area (Å²) in [6, 6.07) is 5.73. The van der Waals surface area contributed by atoms with Crippen LogP contribution in [0.2, 0.25) is 0 Å². The highest BCUT2D eigenvalue weighted by Crippen LogP contribution is 2.41. The van der Waals surface area contributed by atoms with Crippen LogP contribution in [0.5, 0.6) is 0 Å². The van der Waals surface area contributed by atoms with Crippen LogP contribution in [0.1, 0.15) is 56.3 Å². The quantitative estimate of drug-likeness (QED) is 0.705. The van der Waals surface area contributed by atoms with E-state index in [-0.39, 0.29) is 0 Å². The molecule has 2 N–H and O–H groups in total. The van der Waals surface area contributed by atoms with Gasteiger partial charge in [-0.2, -0.15) is 0 Å². The lowest BCUT2D eigenvalue weighted by Gasteiger charge is -2.28. The molecule has 1 aliphatic carbocycles. The molecule has 0 spiro atoms. The molecular weight excluding hydrogens is 282 g/mol. The maximum Gasteiger partial charge on any atom is 0.338 e. The SMILES string of the molecule is CCSc1cccc(NCC2(CC)CCCC2)c1C(=O)O. The fraction of sp³-hybridized carbons (Fsp3) is 0.588. The molecule has 0 bridgehead atoms. The zero-order valence-electron chi connectivity index (χ0n) is 12.9. The normalized spacial score (nSPS) is 16.9. The number of carbonyl (C=O) groups is 1. The molecule has 1 fully saturated rings. The molecule has 3 nitrogen and oxygen atoms in total. The van der Waals surface area contributed by atoms with Gasteiger partial charge in [-0.15, -0.1) is 11.8 Å². The zero-order valence-corrected chi connectivity index (χ0v) is 13.8. The van der Waals surface area contributed by atoms with Gasteiger partial charge in [0.1, 0.15) is 0 Å². The lowest BCUT2D eigenvalue weighted by Crippen LogP contribution is -2.26. The Bertz CT molecular complexity index is 496. The Morgan fingerprint density at radius 1 is 1.33 bits per heavy atom. The Morgan fingerprint density at radius 2 is 2.05 bits per heavy atom. The Labute approximate surface area is 131 Å². The van der Waals surface area contributed by atoms with Gasteiger partial charge in [0.2, 0.25) is 0 Å². The highest BCUT2D eigenvalue weighted by molar-refractivity contribution is 7.99. The summed E-state index contributed by atoms with van der Waals surface area (Å²) in [6.45, 7) is 5.17. The van der Waals surface area contributed by atoms with Crippen LogP contribution < -0.4 is 5.32 Å². The van der Waals surface area contributed by atoms with Gasteiger partial charge < -0.3 is 10.4 Å². The van der Waals surface area contributed by atoms with Gasteiger partial charge in [-0.1, -0.05) is 32.8 Å². The average Bonchev–Trinajstić information content (AvgIpc) is 2.95. The van der Waals surface area contributed by atoms with Gasteiger partial charge >= 0.3 is 5.97 Å². The minimum absolute atomic E-state index is 0.351. The summed E-state index contributed by atoms with van der Waals surface area (Å²) in [5, 5.41) is 13.0. The predicted molar refractivity (Wildman–Crippen MR) is 89.5 cm³/mol. The number of hydrogen-bond donors (Lipinski definition) is 2. The van der Waals surface area contributed by atoms with Gasteiger partial charge in [0.05, 0.1) is 5.56 Å². The van der Waals surface area contributed by atoms with Gasteiger partial charge in [0.15, 0.2) is 0 Å². The average molecular weight is 307 g/mol. The van der Waals surface area contributed by atoms with Crippen LogP contribution in [-0.4, -0.2) is 23.4 Å². The van der Waals surface area contributed by atoms with Crippen LogP contribution in [0.4, 0.5) is 5.69 Å². The van der Waals surface area contributed by atoms with E-state index in [2.05, 4.69) is 12.2 Å². The van der Waals surface area contributed by atoms with Crippen LogP contribution in [-0.2, 0) is 0 Å². The lowest BCUT2D eigenvalue weighted by atomic mass is 9.83. The molecule has 1 aromatic rings. The van der Waals surface area contributed by atoms with Crippen molar-refractivity contribution in [1.29, 1.82) is 0 Å². The van der Waals surface area contributed by atoms with Crippen molar-refractivity contribution < 1.29 is 9.90 Å². The van der Waals surface area contributed by atoms with Crippen molar-refractivity contribution in [1.82, 2.24) is 0 Å². The maximum absolute atomic E-state index is 11.6. The largest absolute Gasteiger partial charge is 0.478 e. The maximum atomic E-state index is 11.6. The Kier molecular flexibility index (Phi) is 5.57. The van der Waals surface area contributed by atoms with E-state index < -0.39 is 5.97 Å². The van der Waals surface area contributed by atoms with E-state index in [1.54, 1.807) is 11.8 Å². The topological polar surface area (TPSA) is 49.3 Å². The van der Waals surface area contributed by atoms with E-state index in [1.165, 1.54) is 25.7 Å². The molecule has 0 heterocycles. The van der Waals surface area contributed by atoms with Gasteiger partial charge in [0.25, 0.3) is 0 Å². The van der Waals surface area contributed by atoms with E-state index >= 15 is 0 Å². The minimum Gasteiger partial charge on any atom is -0.478 e. The summed E-state index contributed by atoms with van der Waals surface area (Å²) >= 11 is 1.59. The van der Waals surface area contributed by atoms with Gasteiger partial charge in [-0.25, -0.2) is 4.79 Å². The van der Waals surface area contributed by atoms with Crippen molar-refractivity contribution in [3.8, 4) is 0 Å². The predicted octanol–water partition coefficient (Wildman–Crippen LogP) is 4.88. The number of carboxylic acid groups (broad SMARTS) is 1. The first-order chi connectivity index (χ1) is 10.1. The molecule has 0 radical (unpaired) electrons. The summed E-state index contributed by atoms with van der Waals surface area (Å²) in [6.07, 6.45) is 6.26. The Hall–Kier alpha value is -1.16. The Balaban J connectivity index is 2.19. The smallest absolute Gasteiger partial charge is 0.338 e. The van der Waals surface area contributed by atoms with Crippen molar-refractivity contribution in [3.63, 3.8) is 0 Å². The molecule has 4 heteroatoms. The lowest BCUT2D eigenvalue weighted by molar-refractivity contribution is 0.0694. The van der Waals surface area contributed by atoms with Crippen LogP contribution in [0.15, 0.2) is 23.1 Å². The number of hydrogen-bond acceptors (Lipinski definition) is 3. The number of carboxylic acids is 1. The number of anilines is 1. The summed E-state index contributed by atoms with van der Waals surface area (Å²) in [5.74, 6) is 0.0360. The second-order valence-electron chi connectivity index (χ2n) is 5.83. The summed E-state index contributed by atoms with van der Waals surface area (Å²) in [5.41, 5.74) is 1.54. The first kappa shape index (κ1) is 16.2. The van der Waals surface area contributed by atoms with E-state index in [4.69, 9.17) is 0 Å². The first-order valence-corrected chi connectivity index (χ1v) is 8.83. The van der Waals surface area contributed by atoms with Crippen molar-refractivity contribution in [2.75, 3.05) is 17.6 Å². The van der Waals surface area contributed by atoms with Crippen molar-refractivity contribution in [2.24, 2.45) is 5.41 Å². The standard InChI is InChI=1S/C17H25NO2S/c1-3-17(10-5-6-11-17)12-18-13-8-7-9-14(21-4-2)15(13)16(19)20/h7-9,18H,3-6,10-12H2,1-2H3,(H,19,20). The fourth-order valence-corrected chi connectivity index (χ4v) is 4.07. The van der Waals surface area contributed by atoms with Crippen LogP contribution >= 0.6 is 11.8 Å². The van der Waals surface area contributed by atoms with E-state index in [0.29, 0.717) is 11.0 Å². The molecule has 0 amide bonds. The van der Waals surface area contributed by atoms with Crippen molar-refractivity contribution >= 4 is 23.4 Å². The summed E-state index contributed by atoms with van der Waals surface area (Å²) < 4.78 is 0. The third-order valence-electron chi connectivity index (χ3n) is 4.61. The van der Waals surface area contributed by atoms with E-state index in [0.717, 1.165) is 29.3 Å². The third kappa shape index (κ3) is 3.73. The van der Waals surface area contributed by atoms with Gasteiger partial charge in [-0.3, -0.25) is 0 Å². The monoisotopic (exact) mass is 307 g/mol. The minimum atomic E-state index is -0.842. The zero-order chi connectivity index (χ0) is 15.3. The molecule has 0 aromatic heterocycles. The molecule has 0 aliphatic heterocycles. The third-order valence-corrected chi connectivity index (χ3v) is 5.55. The van der Waals surface area contributed by atoms with E-state index in [1.807, 2.05) is 25.1 Å². The van der Waals surface area contributed by atoms with Crippen LogP contribution in [0.25, 0.3) is 0 Å². The second-order valence-corrected chi connectivity index (χ2v) is 7.14. The molecule has 116 valence electrons. The number of benzene rings is 1. The number of aromatic carboxylic acids is 1. The summed E-state index contributed by atoms with van der Waals surface area (Å²) in [4.78, 5) is 12.5. The molecule has 1 aromatic carbocycles. The molecular formula is C17H25NO2S. The molecule has 0 unspecified atom stereocenters. The molecule has 0 saturated heterocycles. The molecule has 2 rings (SSSR count). The van der Waals surface area contributed by atoms with Gasteiger partial charge in [-0.05, 0) is 42.6 Å². The highest BCUT2D eigenvalue weighted by Gasteiger charge is 2.32. The van der Waals surface area contributed by atoms with Gasteiger partial charge in [0, 0.05) is 17.1 Å². The van der Waals surface area contributed by atoms with Crippen molar-refractivity contribution in [2.45, 2.75) is 50.8 Å². The first-order valence-electron chi connectivity index (χ1n) is 7.85. The molecule has 1 aliphatic rings. The fourth-order valence-electron chi connectivity index (χ4n) is 3.24. The number of thioether (sulfide) groups is 1. The van der Waals surface area contributed by atoms with Crippen LogP contribution in [0, 0.1) is 5.41 Å². The number of rotatable bonds is 7. The van der Waals surface area contributed by atoms with E-state index in [9.17, 15) is 9.90 Å².